The molecule has 1 aliphatic carbocycles. The molecule has 1 aliphatic rings. The summed E-state index contributed by atoms with van der Waals surface area (Å²) in [5.74, 6) is 0.255. The Morgan fingerprint density at radius 1 is 1.09 bits per heavy atom. The molecule has 4 heterocycles. The van der Waals surface area contributed by atoms with Crippen LogP contribution >= 0.6 is 0 Å². The Bertz CT molecular complexity index is 1430. The molecule has 1 N–H and O–H groups in total. The fourth-order valence-corrected chi connectivity index (χ4v) is 5.11. The standard InChI is InChI=1S/C22H20N6O3S/c1-14-12-28-13-16(10-26-22(28)27-14)15-2-5-20(24-9-15)21(29)25-11-17-8-19(6-7-23-17)32(30,31)18-3-4-18/h2,5-10,12-13,18H,3-4,11H2,1H3,(H,25,29). The largest absolute Gasteiger partial charge is 0.345 e. The number of amides is 1. The third-order valence-electron chi connectivity index (χ3n) is 5.27. The minimum absolute atomic E-state index is 0.108. The first-order valence-corrected chi connectivity index (χ1v) is 11.7. The van der Waals surface area contributed by atoms with Gasteiger partial charge in [-0.25, -0.2) is 18.4 Å². The van der Waals surface area contributed by atoms with Gasteiger partial charge in [0.1, 0.15) is 5.69 Å². The third kappa shape index (κ3) is 3.96. The zero-order valence-corrected chi connectivity index (χ0v) is 18.1. The van der Waals surface area contributed by atoms with E-state index in [4.69, 9.17) is 0 Å². The molecule has 0 saturated heterocycles. The summed E-state index contributed by atoms with van der Waals surface area (Å²) in [4.78, 5) is 29.8. The molecule has 32 heavy (non-hydrogen) atoms. The summed E-state index contributed by atoms with van der Waals surface area (Å²) >= 11 is 0. The van der Waals surface area contributed by atoms with Gasteiger partial charge in [-0.05, 0) is 38.0 Å². The van der Waals surface area contributed by atoms with Gasteiger partial charge in [-0.3, -0.25) is 19.2 Å². The van der Waals surface area contributed by atoms with E-state index in [1.807, 2.05) is 23.7 Å². The highest BCUT2D eigenvalue weighted by Crippen LogP contribution is 2.33. The molecule has 0 spiro atoms. The quantitative estimate of drug-likeness (QED) is 0.481. The van der Waals surface area contributed by atoms with Crippen LogP contribution in [0.25, 0.3) is 16.9 Å². The van der Waals surface area contributed by atoms with E-state index in [0.717, 1.165) is 16.8 Å². The molecule has 4 aromatic rings. The van der Waals surface area contributed by atoms with Crippen LogP contribution in [0, 0.1) is 6.92 Å². The zero-order valence-electron chi connectivity index (χ0n) is 17.3. The minimum atomic E-state index is -3.30. The Morgan fingerprint density at radius 3 is 2.66 bits per heavy atom. The number of hydrogen-bond donors (Lipinski definition) is 1. The average Bonchev–Trinajstić information content (AvgIpc) is 3.59. The summed E-state index contributed by atoms with van der Waals surface area (Å²) in [7, 11) is -3.30. The van der Waals surface area contributed by atoms with E-state index in [0.29, 0.717) is 24.3 Å². The summed E-state index contributed by atoms with van der Waals surface area (Å²) in [5.41, 5.74) is 3.29. The summed E-state index contributed by atoms with van der Waals surface area (Å²) in [5, 5.41) is 2.45. The Labute approximate surface area is 184 Å². The van der Waals surface area contributed by atoms with E-state index in [-0.39, 0.29) is 28.3 Å². The molecular formula is C22H20N6O3S. The summed E-state index contributed by atoms with van der Waals surface area (Å²) in [6, 6.07) is 6.45. The van der Waals surface area contributed by atoms with Gasteiger partial charge in [-0.15, -0.1) is 0 Å². The molecule has 10 heteroatoms. The molecule has 162 valence electrons. The highest BCUT2D eigenvalue weighted by atomic mass is 32.2. The van der Waals surface area contributed by atoms with E-state index in [2.05, 4.69) is 25.3 Å². The van der Waals surface area contributed by atoms with Crippen molar-refractivity contribution in [1.29, 1.82) is 0 Å². The molecular weight excluding hydrogens is 428 g/mol. The number of carbonyl (C=O) groups is 1. The van der Waals surface area contributed by atoms with Crippen LogP contribution in [-0.4, -0.2) is 43.9 Å². The van der Waals surface area contributed by atoms with E-state index in [9.17, 15) is 13.2 Å². The number of sulfone groups is 1. The lowest BCUT2D eigenvalue weighted by molar-refractivity contribution is 0.0945. The van der Waals surface area contributed by atoms with Crippen LogP contribution in [0.1, 0.15) is 34.7 Å². The van der Waals surface area contributed by atoms with Crippen molar-refractivity contribution in [3.63, 3.8) is 0 Å². The van der Waals surface area contributed by atoms with Crippen molar-refractivity contribution in [2.75, 3.05) is 0 Å². The molecule has 0 aliphatic heterocycles. The van der Waals surface area contributed by atoms with Crippen molar-refractivity contribution >= 4 is 21.5 Å². The van der Waals surface area contributed by atoms with Crippen LogP contribution in [-0.2, 0) is 16.4 Å². The second kappa shape index (κ2) is 7.79. The second-order valence-corrected chi connectivity index (χ2v) is 10.0. The Kier molecular flexibility index (Phi) is 4.93. The van der Waals surface area contributed by atoms with Gasteiger partial charge in [0.05, 0.1) is 28.1 Å². The molecule has 0 atom stereocenters. The number of hydrogen-bond acceptors (Lipinski definition) is 7. The van der Waals surface area contributed by atoms with Crippen LogP contribution in [0.3, 0.4) is 0 Å². The predicted molar refractivity (Wildman–Crippen MR) is 117 cm³/mol. The fourth-order valence-electron chi connectivity index (χ4n) is 3.41. The van der Waals surface area contributed by atoms with Gasteiger partial charge in [0.15, 0.2) is 9.84 Å². The highest BCUT2D eigenvalue weighted by molar-refractivity contribution is 7.92. The van der Waals surface area contributed by atoms with Crippen molar-refractivity contribution in [3.8, 4) is 11.1 Å². The number of aromatic nitrogens is 5. The van der Waals surface area contributed by atoms with Crippen LogP contribution < -0.4 is 5.32 Å². The van der Waals surface area contributed by atoms with Gasteiger partial charge < -0.3 is 5.32 Å². The Balaban J connectivity index is 1.27. The molecule has 0 unspecified atom stereocenters. The van der Waals surface area contributed by atoms with Crippen molar-refractivity contribution in [2.45, 2.75) is 36.5 Å². The lowest BCUT2D eigenvalue weighted by Crippen LogP contribution is -2.24. The van der Waals surface area contributed by atoms with E-state index < -0.39 is 9.84 Å². The SMILES string of the molecule is Cc1cn2cc(-c3ccc(C(=O)NCc4cc(S(=O)(=O)C5CC5)ccn4)nc3)cnc2n1. The molecule has 0 bridgehead atoms. The number of imidazole rings is 1. The Morgan fingerprint density at radius 2 is 1.91 bits per heavy atom. The van der Waals surface area contributed by atoms with E-state index >= 15 is 0 Å². The lowest BCUT2D eigenvalue weighted by Gasteiger charge is -2.08. The van der Waals surface area contributed by atoms with Crippen LogP contribution in [0.2, 0.25) is 0 Å². The molecule has 1 fully saturated rings. The first-order chi connectivity index (χ1) is 15.4. The molecule has 1 saturated carbocycles. The summed E-state index contributed by atoms with van der Waals surface area (Å²) in [6.07, 6.45) is 9.98. The number of rotatable bonds is 6. The maximum atomic E-state index is 12.5. The minimum Gasteiger partial charge on any atom is -0.345 e. The molecule has 1 amide bonds. The molecule has 4 aromatic heterocycles. The first kappa shape index (κ1) is 20.3. The molecule has 9 nitrogen and oxygen atoms in total. The van der Waals surface area contributed by atoms with Crippen molar-refractivity contribution in [2.24, 2.45) is 0 Å². The second-order valence-electron chi connectivity index (χ2n) is 7.77. The summed E-state index contributed by atoms with van der Waals surface area (Å²) in [6.45, 7) is 2.01. The van der Waals surface area contributed by atoms with Crippen LogP contribution in [0.5, 0.6) is 0 Å². The maximum Gasteiger partial charge on any atom is 0.270 e. The monoisotopic (exact) mass is 448 g/mol. The average molecular weight is 449 g/mol. The van der Waals surface area contributed by atoms with Gasteiger partial charge in [0.2, 0.25) is 5.78 Å². The number of pyridine rings is 2. The normalized spacial score (nSPS) is 13.9. The highest BCUT2D eigenvalue weighted by Gasteiger charge is 2.36. The van der Waals surface area contributed by atoms with Crippen molar-refractivity contribution < 1.29 is 13.2 Å². The van der Waals surface area contributed by atoms with Gasteiger partial charge >= 0.3 is 0 Å². The summed E-state index contributed by atoms with van der Waals surface area (Å²) < 4.78 is 26.6. The lowest BCUT2D eigenvalue weighted by atomic mass is 10.1. The van der Waals surface area contributed by atoms with Gasteiger partial charge in [0, 0.05) is 42.1 Å². The van der Waals surface area contributed by atoms with Crippen molar-refractivity contribution in [3.05, 3.63) is 72.3 Å². The van der Waals surface area contributed by atoms with Gasteiger partial charge in [0.25, 0.3) is 5.91 Å². The number of nitrogens with zero attached hydrogens (tertiary/aromatic N) is 5. The smallest absolute Gasteiger partial charge is 0.270 e. The van der Waals surface area contributed by atoms with E-state index in [1.54, 1.807) is 24.5 Å². The predicted octanol–water partition coefficient (Wildman–Crippen LogP) is 2.36. The molecule has 0 aromatic carbocycles. The van der Waals surface area contributed by atoms with Crippen molar-refractivity contribution in [1.82, 2.24) is 29.7 Å². The van der Waals surface area contributed by atoms with Crippen LogP contribution in [0.4, 0.5) is 0 Å². The fraction of sp³-hybridized carbons (Fsp3) is 0.227. The van der Waals surface area contributed by atoms with E-state index in [1.165, 1.54) is 18.3 Å². The maximum absolute atomic E-state index is 12.5. The number of nitrogens with one attached hydrogen (secondary N) is 1. The van der Waals surface area contributed by atoms with Gasteiger partial charge in [-0.1, -0.05) is 6.07 Å². The zero-order chi connectivity index (χ0) is 22.3. The topological polar surface area (TPSA) is 119 Å². The van der Waals surface area contributed by atoms with Gasteiger partial charge in [-0.2, -0.15) is 0 Å². The number of aryl methyl sites for hydroxylation is 1. The number of fused-ring (bicyclic) bond motifs is 1. The molecule has 5 rings (SSSR count). The number of carbonyl (C=O) groups excluding carboxylic acids is 1. The Hall–Kier alpha value is -3.66. The van der Waals surface area contributed by atoms with Crippen LogP contribution in [0.15, 0.2) is 60.1 Å². The first-order valence-electron chi connectivity index (χ1n) is 10.1. The third-order valence-corrected chi connectivity index (χ3v) is 7.53. The molecule has 0 radical (unpaired) electrons.